The van der Waals surface area contributed by atoms with Gasteiger partial charge >= 0.3 is 0 Å². The zero-order valence-electron chi connectivity index (χ0n) is 15.8. The summed E-state index contributed by atoms with van der Waals surface area (Å²) >= 11 is 0. The minimum Gasteiger partial charge on any atom is -0.316 e. The molecule has 1 aliphatic carbocycles. The quantitative estimate of drug-likeness (QED) is 0.707. The molecule has 0 radical (unpaired) electrons. The van der Waals surface area contributed by atoms with Crippen molar-refractivity contribution in [2.45, 2.75) is 79.2 Å². The average Bonchev–Trinajstić information content (AvgIpc) is 2.38. The minimum absolute atomic E-state index is 0.311. The summed E-state index contributed by atoms with van der Waals surface area (Å²) in [5.74, 6) is 1.63. The highest BCUT2D eigenvalue weighted by Crippen LogP contribution is 2.40. The van der Waals surface area contributed by atoms with Gasteiger partial charge in [-0.25, -0.2) is 0 Å². The lowest BCUT2D eigenvalue weighted by molar-refractivity contribution is 0.0423. The Bertz CT molecular complexity index is 298. The number of nitrogens with one attached hydrogen (secondary N) is 1. The number of hydrogen-bond acceptors (Lipinski definition) is 2. The molecule has 126 valence electrons. The molecule has 0 bridgehead atoms. The summed E-state index contributed by atoms with van der Waals surface area (Å²) < 4.78 is 0. The maximum atomic E-state index is 3.76. The lowest BCUT2D eigenvalue weighted by Crippen LogP contribution is -2.51. The highest BCUT2D eigenvalue weighted by molar-refractivity contribution is 4.92. The summed E-state index contributed by atoms with van der Waals surface area (Å²) in [6.07, 6.45) is 6.83. The molecule has 1 N–H and O–H groups in total. The lowest BCUT2D eigenvalue weighted by Gasteiger charge is -2.47. The van der Waals surface area contributed by atoms with Crippen LogP contribution in [-0.4, -0.2) is 37.1 Å². The molecule has 0 aromatic heterocycles. The lowest BCUT2D eigenvalue weighted by atomic mass is 9.69. The number of nitrogens with zero attached hydrogens (tertiary/aromatic N) is 1. The van der Waals surface area contributed by atoms with Crippen LogP contribution in [0.3, 0.4) is 0 Å². The van der Waals surface area contributed by atoms with Crippen LogP contribution in [0, 0.1) is 17.3 Å². The molecule has 0 spiro atoms. The first-order valence-corrected chi connectivity index (χ1v) is 9.13. The van der Waals surface area contributed by atoms with Gasteiger partial charge < -0.3 is 10.2 Å². The highest BCUT2D eigenvalue weighted by atomic mass is 15.2. The maximum Gasteiger partial charge on any atom is 0.0147 e. The number of rotatable bonds is 8. The van der Waals surface area contributed by atoms with Crippen LogP contribution in [0.1, 0.15) is 73.6 Å². The van der Waals surface area contributed by atoms with E-state index in [0.717, 1.165) is 18.4 Å². The molecule has 2 unspecified atom stereocenters. The fourth-order valence-electron chi connectivity index (χ4n) is 3.74. The second kappa shape index (κ2) is 7.97. The molecule has 1 rings (SSSR count). The van der Waals surface area contributed by atoms with Gasteiger partial charge in [0.1, 0.15) is 0 Å². The molecule has 1 fully saturated rings. The Hall–Kier alpha value is -0.0800. The molecule has 0 aromatic rings. The Balaban J connectivity index is 2.72. The summed E-state index contributed by atoms with van der Waals surface area (Å²) in [6, 6.07) is 0. The Morgan fingerprint density at radius 3 is 2.52 bits per heavy atom. The monoisotopic (exact) mass is 296 g/mol. The molecule has 21 heavy (non-hydrogen) atoms. The fraction of sp³-hybridized carbons (Fsp3) is 1.00. The van der Waals surface area contributed by atoms with Crippen molar-refractivity contribution in [3.63, 3.8) is 0 Å². The van der Waals surface area contributed by atoms with Crippen LogP contribution in [-0.2, 0) is 0 Å². The first-order chi connectivity index (χ1) is 9.71. The first-order valence-electron chi connectivity index (χ1n) is 9.13. The van der Waals surface area contributed by atoms with Crippen molar-refractivity contribution >= 4 is 0 Å². The van der Waals surface area contributed by atoms with Gasteiger partial charge in [-0.05, 0) is 64.0 Å². The topological polar surface area (TPSA) is 15.3 Å². The van der Waals surface area contributed by atoms with Crippen molar-refractivity contribution < 1.29 is 0 Å². The number of hydrogen-bond donors (Lipinski definition) is 1. The van der Waals surface area contributed by atoms with Gasteiger partial charge in [-0.1, -0.05) is 40.5 Å². The van der Waals surface area contributed by atoms with Gasteiger partial charge in [0.15, 0.2) is 0 Å². The third-order valence-corrected chi connectivity index (χ3v) is 5.71. The van der Waals surface area contributed by atoms with Crippen molar-refractivity contribution in [1.82, 2.24) is 10.2 Å². The van der Waals surface area contributed by atoms with Gasteiger partial charge in [-0.2, -0.15) is 0 Å². The van der Waals surface area contributed by atoms with Crippen LogP contribution in [0.15, 0.2) is 0 Å². The molecule has 2 heteroatoms. The standard InChI is InChI=1S/C19H40N2/c1-8-18(5,6)21(7)15-19(14-20-13-16(2)3)11-9-10-17(4)12-19/h16-17,20H,8-15H2,1-7H3. The predicted molar refractivity (Wildman–Crippen MR) is 94.8 cm³/mol. The van der Waals surface area contributed by atoms with E-state index >= 15 is 0 Å². The zero-order valence-corrected chi connectivity index (χ0v) is 15.8. The Kier molecular flexibility index (Phi) is 7.19. The smallest absolute Gasteiger partial charge is 0.0147 e. The molecule has 0 aromatic carbocycles. The van der Waals surface area contributed by atoms with Gasteiger partial charge in [0.25, 0.3) is 0 Å². The molecule has 0 aliphatic heterocycles. The van der Waals surface area contributed by atoms with Gasteiger partial charge in [0.2, 0.25) is 0 Å². The summed E-state index contributed by atoms with van der Waals surface area (Å²) in [5.41, 5.74) is 0.791. The maximum absolute atomic E-state index is 3.76. The van der Waals surface area contributed by atoms with Crippen molar-refractivity contribution in [2.75, 3.05) is 26.7 Å². The van der Waals surface area contributed by atoms with E-state index in [0.29, 0.717) is 11.0 Å². The Morgan fingerprint density at radius 2 is 2.00 bits per heavy atom. The molecule has 2 atom stereocenters. The van der Waals surface area contributed by atoms with E-state index in [1.54, 1.807) is 0 Å². The SMILES string of the molecule is CCC(C)(C)N(C)CC1(CNCC(C)C)CCCC(C)C1. The van der Waals surface area contributed by atoms with E-state index in [2.05, 4.69) is 58.8 Å². The van der Waals surface area contributed by atoms with Crippen LogP contribution >= 0.6 is 0 Å². The molecule has 1 aliphatic rings. The third kappa shape index (κ3) is 5.90. The second-order valence-electron chi connectivity index (χ2n) is 8.75. The van der Waals surface area contributed by atoms with E-state index in [9.17, 15) is 0 Å². The summed E-state index contributed by atoms with van der Waals surface area (Å²) in [5, 5.41) is 3.76. The van der Waals surface area contributed by atoms with Crippen LogP contribution in [0.25, 0.3) is 0 Å². The van der Waals surface area contributed by atoms with Crippen molar-refractivity contribution in [1.29, 1.82) is 0 Å². The van der Waals surface area contributed by atoms with E-state index in [1.165, 1.54) is 45.2 Å². The molecule has 1 saturated carbocycles. The first kappa shape index (κ1) is 19.0. The summed E-state index contributed by atoms with van der Waals surface area (Å²) in [6.45, 7) is 17.7. The van der Waals surface area contributed by atoms with Crippen molar-refractivity contribution in [3.8, 4) is 0 Å². The predicted octanol–water partition coefficient (Wildman–Crippen LogP) is 4.55. The highest BCUT2D eigenvalue weighted by Gasteiger charge is 2.37. The van der Waals surface area contributed by atoms with E-state index in [1.807, 2.05) is 0 Å². The van der Waals surface area contributed by atoms with Crippen molar-refractivity contribution in [2.24, 2.45) is 17.3 Å². The summed E-state index contributed by atoms with van der Waals surface area (Å²) in [7, 11) is 2.33. The van der Waals surface area contributed by atoms with E-state index in [-0.39, 0.29) is 0 Å². The summed E-state index contributed by atoms with van der Waals surface area (Å²) in [4.78, 5) is 2.61. The van der Waals surface area contributed by atoms with Crippen LogP contribution in [0.2, 0.25) is 0 Å². The molecular formula is C19H40N2. The van der Waals surface area contributed by atoms with Crippen LogP contribution in [0.4, 0.5) is 0 Å². The molecule has 0 saturated heterocycles. The van der Waals surface area contributed by atoms with E-state index < -0.39 is 0 Å². The molecule has 0 heterocycles. The third-order valence-electron chi connectivity index (χ3n) is 5.71. The average molecular weight is 297 g/mol. The second-order valence-corrected chi connectivity index (χ2v) is 8.75. The van der Waals surface area contributed by atoms with Gasteiger partial charge in [0, 0.05) is 18.6 Å². The van der Waals surface area contributed by atoms with Gasteiger partial charge in [-0.15, -0.1) is 0 Å². The minimum atomic E-state index is 0.311. The van der Waals surface area contributed by atoms with Gasteiger partial charge in [0.05, 0.1) is 0 Å². The normalized spacial score (nSPS) is 27.6. The van der Waals surface area contributed by atoms with Crippen molar-refractivity contribution in [3.05, 3.63) is 0 Å². The van der Waals surface area contributed by atoms with Crippen LogP contribution in [0.5, 0.6) is 0 Å². The van der Waals surface area contributed by atoms with E-state index in [4.69, 9.17) is 0 Å². The van der Waals surface area contributed by atoms with Crippen LogP contribution < -0.4 is 5.32 Å². The van der Waals surface area contributed by atoms with Gasteiger partial charge in [-0.3, -0.25) is 0 Å². The molecular weight excluding hydrogens is 256 g/mol. The zero-order chi connectivity index (χ0) is 16.1. The molecule has 0 amide bonds. The largest absolute Gasteiger partial charge is 0.316 e. The fourth-order valence-corrected chi connectivity index (χ4v) is 3.74. The Labute approximate surface area is 134 Å². The Morgan fingerprint density at radius 1 is 1.33 bits per heavy atom. The molecule has 2 nitrogen and oxygen atoms in total.